The van der Waals surface area contributed by atoms with Crippen molar-refractivity contribution in [2.75, 3.05) is 13.6 Å². The zero-order valence-electron chi connectivity index (χ0n) is 8.50. The standard InChI is InChI=1S/C10H16N2O/c1-5-6-12(4)8(2)10(7-11)9(3)13/h5,7,11H,1,6H2,2-4H3/p+1. The third kappa shape index (κ3) is 3.23. The van der Waals surface area contributed by atoms with E-state index < -0.39 is 0 Å². The fourth-order valence-corrected chi connectivity index (χ4v) is 1.03. The Morgan fingerprint density at radius 3 is 2.38 bits per heavy atom. The molecule has 72 valence electrons. The van der Waals surface area contributed by atoms with Crippen LogP contribution in [0.5, 0.6) is 0 Å². The summed E-state index contributed by atoms with van der Waals surface area (Å²) in [6, 6.07) is 0. The first-order valence-electron chi connectivity index (χ1n) is 4.13. The Balaban J connectivity index is 4.93. The van der Waals surface area contributed by atoms with Crippen LogP contribution in [0.15, 0.2) is 24.4 Å². The van der Waals surface area contributed by atoms with Crippen molar-refractivity contribution < 1.29 is 9.37 Å². The van der Waals surface area contributed by atoms with E-state index in [1.54, 1.807) is 6.08 Å². The Hall–Kier alpha value is -1.38. The van der Waals surface area contributed by atoms with Crippen molar-refractivity contribution in [3.05, 3.63) is 24.4 Å². The van der Waals surface area contributed by atoms with E-state index in [9.17, 15) is 4.79 Å². The second-order valence-corrected chi connectivity index (χ2v) is 2.89. The third-order valence-corrected chi connectivity index (χ3v) is 1.91. The molecule has 0 aliphatic carbocycles. The van der Waals surface area contributed by atoms with Crippen molar-refractivity contribution in [3.63, 3.8) is 0 Å². The van der Waals surface area contributed by atoms with Crippen LogP contribution in [-0.2, 0) is 4.79 Å². The Morgan fingerprint density at radius 1 is 1.54 bits per heavy atom. The normalized spacial score (nSPS) is 13.6. The molecule has 0 aliphatic heterocycles. The summed E-state index contributed by atoms with van der Waals surface area (Å²) in [4.78, 5) is 11.1. The van der Waals surface area contributed by atoms with Gasteiger partial charge in [0.2, 0.25) is 0 Å². The number of nitrogens with two attached hydrogens (primary N) is 1. The van der Waals surface area contributed by atoms with Gasteiger partial charge in [-0.1, -0.05) is 6.58 Å². The molecule has 0 unspecified atom stereocenters. The quantitative estimate of drug-likeness (QED) is 0.300. The van der Waals surface area contributed by atoms with Crippen LogP contribution in [0.4, 0.5) is 0 Å². The third-order valence-electron chi connectivity index (χ3n) is 1.91. The van der Waals surface area contributed by atoms with E-state index in [4.69, 9.17) is 5.73 Å². The number of hydrogen-bond donors (Lipinski definition) is 1. The molecule has 0 atom stereocenters. The van der Waals surface area contributed by atoms with Crippen molar-refractivity contribution in [3.8, 4) is 0 Å². The minimum atomic E-state index is -0.0177. The highest BCUT2D eigenvalue weighted by atomic mass is 16.1. The molecule has 0 spiro atoms. The number of hydrogen-bond acceptors (Lipinski definition) is 2. The van der Waals surface area contributed by atoms with Crippen LogP contribution in [0.1, 0.15) is 13.8 Å². The molecule has 0 saturated heterocycles. The molecule has 0 radical (unpaired) electrons. The molecular formula is C10H17N2O+. The maximum absolute atomic E-state index is 11.1. The van der Waals surface area contributed by atoms with Gasteiger partial charge < -0.3 is 5.73 Å². The number of carbonyl (C=O) groups excluding carboxylic acids is 1. The lowest BCUT2D eigenvalue weighted by atomic mass is 10.1. The first-order chi connectivity index (χ1) is 6.04. The van der Waals surface area contributed by atoms with Crippen molar-refractivity contribution in [1.82, 2.24) is 0 Å². The number of likely N-dealkylation sites (N-methyl/N-ethyl adjacent to an activating group) is 1. The topological polar surface area (TPSA) is 46.1 Å². The molecule has 2 N–H and O–H groups in total. The van der Waals surface area contributed by atoms with Gasteiger partial charge >= 0.3 is 0 Å². The van der Waals surface area contributed by atoms with Crippen LogP contribution in [0, 0.1) is 0 Å². The highest BCUT2D eigenvalue weighted by Gasteiger charge is 2.13. The Bertz CT molecular complexity index is 275. The first-order valence-corrected chi connectivity index (χ1v) is 4.13. The predicted octanol–water partition coefficient (Wildman–Crippen LogP) is 0.707. The lowest BCUT2D eigenvalue weighted by Crippen LogP contribution is -2.21. The van der Waals surface area contributed by atoms with E-state index in [1.165, 1.54) is 13.1 Å². The van der Waals surface area contributed by atoms with Gasteiger partial charge in [0.25, 0.3) is 0 Å². The molecule has 3 heteroatoms. The van der Waals surface area contributed by atoms with E-state index in [0.717, 1.165) is 5.71 Å². The van der Waals surface area contributed by atoms with Crippen molar-refractivity contribution in [2.45, 2.75) is 13.8 Å². The highest BCUT2D eigenvalue weighted by molar-refractivity contribution is 6.18. The van der Waals surface area contributed by atoms with Gasteiger partial charge in [0.1, 0.15) is 7.05 Å². The monoisotopic (exact) mass is 181 g/mol. The van der Waals surface area contributed by atoms with Crippen LogP contribution >= 0.6 is 0 Å². The highest BCUT2D eigenvalue weighted by Crippen LogP contribution is 1.97. The zero-order valence-corrected chi connectivity index (χ0v) is 8.50. The zero-order chi connectivity index (χ0) is 10.4. The Morgan fingerprint density at radius 2 is 2.08 bits per heavy atom. The smallest absolute Gasteiger partial charge is 0.185 e. The summed E-state index contributed by atoms with van der Waals surface area (Å²) in [5, 5.41) is 0. The van der Waals surface area contributed by atoms with E-state index >= 15 is 0 Å². The van der Waals surface area contributed by atoms with Crippen molar-refractivity contribution >= 4 is 11.5 Å². The molecule has 0 aromatic rings. The number of nitrogens with zero attached hydrogens (tertiary/aromatic N) is 1. The largest absolute Gasteiger partial charge is 0.404 e. The lowest BCUT2D eigenvalue weighted by molar-refractivity contribution is -0.486. The number of ketones is 1. The summed E-state index contributed by atoms with van der Waals surface area (Å²) < 4.78 is 1.92. The second-order valence-electron chi connectivity index (χ2n) is 2.89. The van der Waals surface area contributed by atoms with Crippen LogP contribution < -0.4 is 5.73 Å². The minimum absolute atomic E-state index is 0.0177. The van der Waals surface area contributed by atoms with Crippen LogP contribution in [0.2, 0.25) is 0 Å². The van der Waals surface area contributed by atoms with Crippen molar-refractivity contribution in [2.24, 2.45) is 5.73 Å². The number of Topliss-reactive ketones (excluding diaryl/α,β-unsaturated/α-hetero) is 1. The second kappa shape index (κ2) is 5.30. The summed E-state index contributed by atoms with van der Waals surface area (Å²) in [7, 11) is 1.89. The average Bonchev–Trinajstić information content (AvgIpc) is 2.05. The van der Waals surface area contributed by atoms with E-state index in [2.05, 4.69) is 6.58 Å². The fourth-order valence-electron chi connectivity index (χ4n) is 1.03. The summed E-state index contributed by atoms with van der Waals surface area (Å²) in [6.45, 7) is 7.70. The van der Waals surface area contributed by atoms with E-state index in [1.807, 2.05) is 18.5 Å². The summed E-state index contributed by atoms with van der Waals surface area (Å²) in [5.41, 5.74) is 6.78. The molecule has 0 aliphatic rings. The van der Waals surface area contributed by atoms with Crippen molar-refractivity contribution in [1.29, 1.82) is 0 Å². The number of allylic oxidation sites excluding steroid dienone is 1. The molecule has 13 heavy (non-hydrogen) atoms. The molecule has 0 bridgehead atoms. The minimum Gasteiger partial charge on any atom is -0.404 e. The SMILES string of the molecule is C=CC[N+](C)=C(C)C(=CN)C(C)=O. The number of rotatable bonds is 4. The van der Waals surface area contributed by atoms with Gasteiger partial charge in [0.05, 0.1) is 5.57 Å². The molecular weight excluding hydrogens is 164 g/mol. The first kappa shape index (κ1) is 11.6. The van der Waals surface area contributed by atoms with E-state index in [-0.39, 0.29) is 5.78 Å². The molecule has 0 heterocycles. The predicted molar refractivity (Wildman–Crippen MR) is 54.9 cm³/mol. The molecule has 0 aromatic carbocycles. The summed E-state index contributed by atoms with van der Waals surface area (Å²) >= 11 is 0. The molecule has 3 nitrogen and oxygen atoms in total. The molecule has 0 rings (SSSR count). The average molecular weight is 181 g/mol. The van der Waals surface area contributed by atoms with Gasteiger partial charge in [-0.05, 0) is 13.0 Å². The molecule has 0 fully saturated rings. The Kier molecular flexibility index (Phi) is 4.74. The maximum Gasteiger partial charge on any atom is 0.185 e. The molecule has 0 aromatic heterocycles. The van der Waals surface area contributed by atoms with E-state index in [0.29, 0.717) is 12.1 Å². The summed E-state index contributed by atoms with van der Waals surface area (Å²) in [5.74, 6) is -0.0177. The number of carbonyl (C=O) groups is 1. The molecule has 0 amide bonds. The van der Waals surface area contributed by atoms with Crippen LogP contribution in [0.25, 0.3) is 0 Å². The lowest BCUT2D eigenvalue weighted by Gasteiger charge is -2.01. The van der Waals surface area contributed by atoms with Crippen LogP contribution in [-0.4, -0.2) is 29.7 Å². The van der Waals surface area contributed by atoms with Gasteiger partial charge in [-0.15, -0.1) is 0 Å². The van der Waals surface area contributed by atoms with Gasteiger partial charge in [-0.25, -0.2) is 4.58 Å². The van der Waals surface area contributed by atoms with Gasteiger partial charge in [0.15, 0.2) is 18.0 Å². The summed E-state index contributed by atoms with van der Waals surface area (Å²) in [6.07, 6.45) is 3.12. The van der Waals surface area contributed by atoms with Gasteiger partial charge in [-0.2, -0.15) is 0 Å². The Labute approximate surface area is 79.3 Å². The van der Waals surface area contributed by atoms with Crippen LogP contribution in [0.3, 0.4) is 0 Å². The van der Waals surface area contributed by atoms with Gasteiger partial charge in [0, 0.05) is 13.1 Å². The fraction of sp³-hybridized carbons (Fsp3) is 0.400. The molecule has 0 saturated carbocycles. The van der Waals surface area contributed by atoms with Gasteiger partial charge in [-0.3, -0.25) is 4.79 Å². The maximum atomic E-state index is 11.1.